The molecule has 1 atom stereocenters. The number of benzene rings is 1. The van der Waals surface area contributed by atoms with E-state index in [0.717, 1.165) is 60.5 Å². The van der Waals surface area contributed by atoms with Gasteiger partial charge in [0, 0.05) is 44.1 Å². The van der Waals surface area contributed by atoms with Crippen molar-refractivity contribution in [2.75, 3.05) is 37.7 Å². The number of aliphatic hydroxyl groups is 1. The van der Waals surface area contributed by atoms with Crippen molar-refractivity contribution in [2.45, 2.75) is 38.6 Å². The van der Waals surface area contributed by atoms with Gasteiger partial charge in [0.2, 0.25) is 0 Å². The van der Waals surface area contributed by atoms with Crippen molar-refractivity contribution in [1.82, 2.24) is 29.6 Å². The number of morpholine rings is 1. The molecule has 2 aliphatic rings. The predicted molar refractivity (Wildman–Crippen MR) is 137 cm³/mol. The molecular weight excluding hydrogens is 454 g/mol. The topological polar surface area (TPSA) is 92.4 Å². The summed E-state index contributed by atoms with van der Waals surface area (Å²) in [4.78, 5) is 18.9. The normalized spacial score (nSPS) is 19.7. The summed E-state index contributed by atoms with van der Waals surface area (Å²) in [7, 11) is 0. The highest BCUT2D eigenvalue weighted by atomic mass is 16.6. The lowest BCUT2D eigenvalue weighted by molar-refractivity contribution is -0.104. The van der Waals surface area contributed by atoms with Gasteiger partial charge >= 0.3 is 0 Å². The molecular formula is C27H31N7O2. The molecule has 0 bridgehead atoms. The van der Waals surface area contributed by atoms with Crippen molar-refractivity contribution in [1.29, 1.82) is 0 Å². The van der Waals surface area contributed by atoms with Gasteiger partial charge in [-0.2, -0.15) is 5.10 Å². The molecule has 0 aliphatic carbocycles. The lowest BCUT2D eigenvalue weighted by Gasteiger charge is -2.32. The van der Waals surface area contributed by atoms with E-state index in [0.29, 0.717) is 25.5 Å². The lowest BCUT2D eigenvalue weighted by atomic mass is 10.0. The minimum Gasteiger partial charge on any atom is -0.366 e. The van der Waals surface area contributed by atoms with Crippen LogP contribution in [0.4, 0.5) is 5.82 Å². The van der Waals surface area contributed by atoms with Crippen LogP contribution in [0, 0.1) is 6.92 Å². The number of hydrogen-bond donors (Lipinski definition) is 1. The monoisotopic (exact) mass is 485 g/mol. The Hall–Kier alpha value is -3.40. The molecule has 0 radical (unpaired) electrons. The Bertz CT molecular complexity index is 1330. The summed E-state index contributed by atoms with van der Waals surface area (Å²) in [5.74, 6) is 1.49. The van der Waals surface area contributed by atoms with Gasteiger partial charge < -0.3 is 14.7 Å². The summed E-state index contributed by atoms with van der Waals surface area (Å²) in [5, 5.41) is 15.9. The van der Waals surface area contributed by atoms with Crippen molar-refractivity contribution in [2.24, 2.45) is 0 Å². The number of likely N-dealkylation sites (tertiary alicyclic amines) is 1. The minimum atomic E-state index is -0.829. The summed E-state index contributed by atoms with van der Waals surface area (Å²) >= 11 is 0. The number of pyridine rings is 1. The molecule has 2 fully saturated rings. The molecule has 4 aromatic rings. The quantitative estimate of drug-likeness (QED) is 0.461. The zero-order chi connectivity index (χ0) is 24.5. The molecule has 1 unspecified atom stereocenters. The molecule has 9 heteroatoms. The Morgan fingerprint density at radius 1 is 1.03 bits per heavy atom. The molecule has 36 heavy (non-hydrogen) atoms. The number of aromatic nitrogens is 5. The number of fused-ring (bicyclic) bond motifs is 1. The van der Waals surface area contributed by atoms with Gasteiger partial charge in [-0.25, -0.2) is 14.6 Å². The van der Waals surface area contributed by atoms with Crippen LogP contribution in [-0.4, -0.2) is 73.8 Å². The number of aliphatic hydroxyl groups excluding tert-OH is 1. The molecule has 3 aromatic heterocycles. The summed E-state index contributed by atoms with van der Waals surface area (Å²) in [5.41, 5.74) is 4.23. The van der Waals surface area contributed by atoms with Crippen molar-refractivity contribution in [3.8, 4) is 11.4 Å². The predicted octanol–water partition coefficient (Wildman–Crippen LogP) is 3.19. The Morgan fingerprint density at radius 2 is 1.89 bits per heavy atom. The van der Waals surface area contributed by atoms with E-state index in [4.69, 9.17) is 19.8 Å². The van der Waals surface area contributed by atoms with Gasteiger partial charge in [-0.3, -0.25) is 9.88 Å². The zero-order valence-electron chi connectivity index (χ0n) is 20.5. The van der Waals surface area contributed by atoms with E-state index in [9.17, 15) is 5.11 Å². The SMILES string of the molecule is Cc1ccccc1-c1nc(N2CCOC(O)C2)c2cnn(C3CCN(Cc4cccnc4)CC3)c2n1. The average Bonchev–Trinajstić information content (AvgIpc) is 3.33. The Kier molecular flexibility index (Phi) is 6.35. The number of ether oxygens (including phenoxy) is 1. The van der Waals surface area contributed by atoms with Gasteiger partial charge in [-0.05, 0) is 37.0 Å². The number of anilines is 1. The van der Waals surface area contributed by atoms with Gasteiger partial charge in [0.1, 0.15) is 5.82 Å². The summed E-state index contributed by atoms with van der Waals surface area (Å²) in [6.07, 6.45) is 6.83. The maximum absolute atomic E-state index is 10.1. The van der Waals surface area contributed by atoms with Crippen LogP contribution >= 0.6 is 0 Å². The molecule has 6 rings (SSSR count). The van der Waals surface area contributed by atoms with Crippen LogP contribution in [0.5, 0.6) is 0 Å². The highest BCUT2D eigenvalue weighted by Gasteiger charge is 2.27. The smallest absolute Gasteiger partial charge is 0.172 e. The fourth-order valence-electron chi connectivity index (χ4n) is 5.26. The fraction of sp³-hybridized carbons (Fsp3) is 0.407. The van der Waals surface area contributed by atoms with Crippen LogP contribution in [0.1, 0.15) is 30.0 Å². The number of aryl methyl sites for hydroxylation is 1. The van der Waals surface area contributed by atoms with E-state index < -0.39 is 6.29 Å². The third kappa shape index (κ3) is 4.57. The molecule has 1 aromatic carbocycles. The summed E-state index contributed by atoms with van der Waals surface area (Å²) < 4.78 is 7.47. The second-order valence-corrected chi connectivity index (χ2v) is 9.65. The first-order valence-corrected chi connectivity index (χ1v) is 12.6. The van der Waals surface area contributed by atoms with Crippen molar-refractivity contribution in [3.63, 3.8) is 0 Å². The summed E-state index contributed by atoms with van der Waals surface area (Å²) in [6, 6.07) is 12.6. The molecule has 2 aliphatic heterocycles. The number of hydrogen-bond acceptors (Lipinski definition) is 8. The van der Waals surface area contributed by atoms with E-state index in [2.05, 4.69) is 44.6 Å². The third-order valence-corrected chi connectivity index (χ3v) is 7.20. The number of piperidine rings is 1. The van der Waals surface area contributed by atoms with Gasteiger partial charge in [-0.1, -0.05) is 30.3 Å². The van der Waals surface area contributed by atoms with Crippen LogP contribution in [-0.2, 0) is 11.3 Å². The summed E-state index contributed by atoms with van der Waals surface area (Å²) in [6.45, 7) is 6.49. The molecule has 1 N–H and O–H groups in total. The van der Waals surface area contributed by atoms with E-state index in [1.165, 1.54) is 5.56 Å². The first-order valence-electron chi connectivity index (χ1n) is 12.6. The number of nitrogens with zero attached hydrogens (tertiary/aromatic N) is 7. The maximum Gasteiger partial charge on any atom is 0.172 e. The minimum absolute atomic E-state index is 0.274. The van der Waals surface area contributed by atoms with Gasteiger partial charge in [0.25, 0.3) is 0 Å². The molecule has 0 saturated carbocycles. The maximum atomic E-state index is 10.1. The van der Waals surface area contributed by atoms with Crippen molar-refractivity contribution in [3.05, 3.63) is 66.1 Å². The van der Waals surface area contributed by atoms with E-state index >= 15 is 0 Å². The van der Waals surface area contributed by atoms with Crippen molar-refractivity contribution >= 4 is 16.9 Å². The number of rotatable bonds is 5. The Balaban J connectivity index is 1.33. The fourth-order valence-corrected chi connectivity index (χ4v) is 5.26. The molecule has 2 saturated heterocycles. The Labute approximate surface area is 210 Å². The molecule has 186 valence electrons. The second-order valence-electron chi connectivity index (χ2n) is 9.65. The molecule has 5 heterocycles. The first kappa shape index (κ1) is 23.0. The standard InChI is InChI=1S/C27H31N7O2/c1-19-5-2-3-7-22(19)25-30-26(33-13-14-36-24(35)18-33)23-16-29-34(27(23)31-25)21-8-11-32(12-9-21)17-20-6-4-10-28-15-20/h2-7,10,15-16,21,24,35H,8-9,11-14,17-18H2,1H3. The molecule has 0 spiro atoms. The average molecular weight is 486 g/mol. The van der Waals surface area contributed by atoms with Gasteiger partial charge in [0.15, 0.2) is 17.8 Å². The van der Waals surface area contributed by atoms with Gasteiger partial charge in [0.05, 0.1) is 30.8 Å². The largest absolute Gasteiger partial charge is 0.366 e. The molecule has 9 nitrogen and oxygen atoms in total. The van der Waals surface area contributed by atoms with E-state index in [-0.39, 0.29) is 6.04 Å². The van der Waals surface area contributed by atoms with E-state index in [1.54, 1.807) is 0 Å². The van der Waals surface area contributed by atoms with E-state index in [1.807, 2.05) is 36.8 Å². The van der Waals surface area contributed by atoms with Gasteiger partial charge in [-0.15, -0.1) is 0 Å². The molecule has 0 amide bonds. The van der Waals surface area contributed by atoms with Crippen LogP contribution in [0.25, 0.3) is 22.4 Å². The zero-order valence-corrected chi connectivity index (χ0v) is 20.5. The van der Waals surface area contributed by atoms with Crippen LogP contribution < -0.4 is 4.90 Å². The van der Waals surface area contributed by atoms with Crippen LogP contribution in [0.3, 0.4) is 0 Å². The Morgan fingerprint density at radius 3 is 2.67 bits per heavy atom. The third-order valence-electron chi connectivity index (χ3n) is 7.20. The van der Waals surface area contributed by atoms with Crippen LogP contribution in [0.15, 0.2) is 55.0 Å². The second kappa shape index (κ2) is 9.93. The lowest BCUT2D eigenvalue weighted by Crippen LogP contribution is -2.43. The highest BCUT2D eigenvalue weighted by Crippen LogP contribution is 2.33. The first-order chi connectivity index (χ1) is 17.7. The van der Waals surface area contributed by atoms with Crippen molar-refractivity contribution < 1.29 is 9.84 Å². The number of β-amino-alcohol motifs (C(OH)–C–C–N with tert-alkyl or cyclic N) is 1. The van der Waals surface area contributed by atoms with Crippen LogP contribution in [0.2, 0.25) is 0 Å². The highest BCUT2D eigenvalue weighted by molar-refractivity contribution is 5.89.